The number of aromatic amines is 1. The second-order valence-corrected chi connectivity index (χ2v) is 11.1. The summed E-state index contributed by atoms with van der Waals surface area (Å²) in [7, 11) is -0.663. The van der Waals surface area contributed by atoms with E-state index in [1.165, 1.54) is 16.7 Å². The summed E-state index contributed by atoms with van der Waals surface area (Å²) in [5, 5.41) is 0.328. The number of H-pyrrole nitrogens is 1. The molecule has 0 fully saturated rings. The first kappa shape index (κ1) is 29.2. The van der Waals surface area contributed by atoms with Gasteiger partial charge < -0.3 is 29.8 Å². The quantitative estimate of drug-likeness (QED) is 0.425. The van der Waals surface area contributed by atoms with E-state index >= 15 is 0 Å². The average molecular weight is 464 g/mol. The van der Waals surface area contributed by atoms with E-state index in [1.54, 1.807) is 5.57 Å². The van der Waals surface area contributed by atoms with Gasteiger partial charge in [-0.05, 0) is 5.41 Å². The third-order valence-electron chi connectivity index (χ3n) is 4.85. The number of aromatic nitrogens is 1. The molecule has 1 aliphatic rings. The topological polar surface area (TPSA) is 15.8 Å². The van der Waals surface area contributed by atoms with Crippen molar-refractivity contribution in [2.75, 3.05) is 0 Å². The van der Waals surface area contributed by atoms with Crippen molar-refractivity contribution in [1.29, 1.82) is 0 Å². The fraction of sp³-hybridized carbons (Fsp3) is 0.579. The van der Waals surface area contributed by atoms with Crippen LogP contribution in [0.25, 0.3) is 0 Å². The van der Waals surface area contributed by atoms with Crippen molar-refractivity contribution >= 4 is 8.80 Å². The van der Waals surface area contributed by atoms with Gasteiger partial charge in [-0.25, -0.2) is 5.57 Å². The minimum atomic E-state index is -0.663. The van der Waals surface area contributed by atoms with Crippen LogP contribution in [0.4, 0.5) is 0 Å². The minimum absolute atomic E-state index is 0. The second-order valence-electron chi connectivity index (χ2n) is 7.62. The first-order valence-electron chi connectivity index (χ1n) is 7.85. The molecule has 0 aromatic carbocycles. The van der Waals surface area contributed by atoms with Crippen molar-refractivity contribution in [3.05, 3.63) is 46.8 Å². The molecular weight excluding hydrogens is 432 g/mol. The summed E-state index contributed by atoms with van der Waals surface area (Å²) in [5.74, 6) is 0. The van der Waals surface area contributed by atoms with Gasteiger partial charge in [-0.1, -0.05) is 59.7 Å². The molecule has 1 atom stereocenters. The summed E-state index contributed by atoms with van der Waals surface area (Å²) in [5.41, 5.74) is 5.87. The third kappa shape index (κ3) is 6.98. The molecule has 1 heterocycles. The molecule has 0 radical (unpaired) electrons. The van der Waals surface area contributed by atoms with Gasteiger partial charge in [0.25, 0.3) is 0 Å². The molecule has 1 nitrogen and oxygen atoms in total. The minimum Gasteiger partial charge on any atom is -1.00 e. The van der Waals surface area contributed by atoms with E-state index in [9.17, 15) is 0 Å². The Hall–Kier alpha value is 0.440. The van der Waals surface area contributed by atoms with Crippen molar-refractivity contribution < 1.29 is 51.0 Å². The molecule has 0 saturated heterocycles. The Morgan fingerprint density at radius 2 is 1.58 bits per heavy atom. The zero-order valence-corrected chi connectivity index (χ0v) is 21.6. The normalized spacial score (nSPS) is 19.5. The Balaban J connectivity index is -0.000000336. The molecular formula is C19H31Cl2NSiZr. The zero-order chi connectivity index (χ0) is 16.4. The van der Waals surface area contributed by atoms with E-state index in [2.05, 4.69) is 84.9 Å². The summed E-state index contributed by atoms with van der Waals surface area (Å²) in [6, 6.07) is 2.06. The van der Waals surface area contributed by atoms with Gasteiger partial charge in [0.1, 0.15) is 0 Å². The monoisotopic (exact) mass is 461 g/mol. The van der Waals surface area contributed by atoms with E-state index in [4.69, 9.17) is 0 Å². The molecule has 1 aromatic heterocycles. The zero-order valence-electron chi connectivity index (χ0n) is 16.5. The fourth-order valence-corrected chi connectivity index (χ4v) is 4.14. The van der Waals surface area contributed by atoms with E-state index in [0.717, 1.165) is 0 Å². The number of nitrogens with one attached hydrogen (secondary N) is 1. The molecule has 0 bridgehead atoms. The number of hydrogen-bond donors (Lipinski definition) is 1. The van der Waals surface area contributed by atoms with Crippen molar-refractivity contribution in [1.82, 2.24) is 4.98 Å². The number of allylic oxidation sites excluding steroid dienone is 4. The molecule has 1 aromatic rings. The van der Waals surface area contributed by atoms with Gasteiger partial charge in [0, 0.05) is 8.80 Å². The average Bonchev–Trinajstić information content (AvgIpc) is 2.96. The molecule has 2 rings (SSSR count). The maximum Gasteiger partial charge on any atom is 4.00 e. The van der Waals surface area contributed by atoms with Crippen LogP contribution in [0.5, 0.6) is 0 Å². The maximum atomic E-state index is 3.63. The van der Waals surface area contributed by atoms with E-state index in [1.807, 2.05) is 6.20 Å². The molecule has 0 saturated carbocycles. The number of rotatable bonds is 1. The predicted molar refractivity (Wildman–Crippen MR) is 96.4 cm³/mol. The summed E-state index contributed by atoms with van der Waals surface area (Å²) in [6.07, 6.45) is 8.59. The smallest absolute Gasteiger partial charge is 1.00 e. The van der Waals surface area contributed by atoms with E-state index < -0.39 is 8.80 Å². The summed E-state index contributed by atoms with van der Waals surface area (Å²) in [6.45, 7) is 20.3. The van der Waals surface area contributed by atoms with Gasteiger partial charge >= 0.3 is 26.2 Å². The van der Waals surface area contributed by atoms with Crippen LogP contribution >= 0.6 is 0 Å². The Morgan fingerprint density at radius 3 is 1.75 bits per heavy atom. The van der Waals surface area contributed by atoms with Crippen LogP contribution in [0.3, 0.4) is 0 Å². The van der Waals surface area contributed by atoms with E-state index in [0.29, 0.717) is 5.04 Å². The Labute approximate surface area is 182 Å². The van der Waals surface area contributed by atoms with Crippen LogP contribution in [0, 0.1) is 12.3 Å². The second kappa shape index (κ2) is 11.2. The first-order chi connectivity index (χ1) is 9.50. The first-order valence-corrected chi connectivity index (χ1v) is 10.7. The van der Waals surface area contributed by atoms with Crippen molar-refractivity contribution in [3.63, 3.8) is 0 Å². The summed E-state index contributed by atoms with van der Waals surface area (Å²) >= 11 is 0. The Kier molecular flexibility index (Phi) is 13.7. The predicted octanol–water partition coefficient (Wildman–Crippen LogP) is -0.549. The van der Waals surface area contributed by atoms with Crippen LogP contribution in [-0.4, -0.2) is 13.8 Å². The van der Waals surface area contributed by atoms with Gasteiger partial charge in [0.15, 0.2) is 0 Å². The number of hydrogen-bond acceptors (Lipinski definition) is 0. The van der Waals surface area contributed by atoms with Crippen molar-refractivity contribution in [2.24, 2.45) is 0 Å². The molecule has 5 heteroatoms. The van der Waals surface area contributed by atoms with Crippen LogP contribution in [0.2, 0.25) is 18.1 Å². The van der Waals surface area contributed by atoms with Crippen molar-refractivity contribution in [2.45, 2.75) is 72.0 Å². The van der Waals surface area contributed by atoms with Gasteiger partial charge in [-0.15, -0.1) is 18.7 Å². The Bertz CT molecular complexity index is 542. The molecule has 0 spiro atoms. The van der Waals surface area contributed by atoms with Crippen LogP contribution in [0.15, 0.2) is 29.0 Å². The molecule has 24 heavy (non-hydrogen) atoms. The molecule has 1 N–H and O–H groups in total. The van der Waals surface area contributed by atoms with Gasteiger partial charge in [0.2, 0.25) is 0 Å². The molecule has 1 unspecified atom stereocenters. The van der Waals surface area contributed by atoms with Gasteiger partial charge in [-0.2, -0.15) is 23.4 Å². The van der Waals surface area contributed by atoms with Crippen LogP contribution in [0.1, 0.15) is 54.0 Å². The molecule has 1 aliphatic carbocycles. The fourth-order valence-electron chi connectivity index (χ4n) is 2.55. The Morgan fingerprint density at radius 1 is 1.08 bits per heavy atom. The third-order valence-corrected chi connectivity index (χ3v) is 7.74. The molecule has 0 amide bonds. The van der Waals surface area contributed by atoms with Gasteiger partial charge in [0.05, 0.1) is 0 Å². The molecule has 0 aliphatic heterocycles. The summed E-state index contributed by atoms with van der Waals surface area (Å²) in [4.78, 5) is 2.91. The summed E-state index contributed by atoms with van der Waals surface area (Å²) < 4.78 is 0. The largest absolute Gasteiger partial charge is 4.00 e. The maximum absolute atomic E-state index is 3.63. The molecule has 134 valence electrons. The van der Waals surface area contributed by atoms with Crippen molar-refractivity contribution in [3.8, 4) is 0 Å². The standard InChI is InChI=1S/C11H19Si.C8H12N.2ClH.Zr/c1-8-7-11(4,12(5)6)10(3)9(8)2;1-8(2,3)7-4-5-9-6-7;;;/h12H,1-6H3;4-5,9H,1-3H3;2*1H;/q2*-1;;;+4/p-2. The van der Waals surface area contributed by atoms with E-state index in [-0.39, 0.29) is 56.4 Å². The number of halogens is 2. The van der Waals surface area contributed by atoms with Gasteiger partial charge in [-0.3, -0.25) is 6.08 Å². The SMILES string of the molecule is CC(C)(C)c1[c-][nH]cc1.CC1=[C-]C(C)([SiH](C)C)C(C)=C1C.[Cl-].[Cl-].[Zr+4]. The van der Waals surface area contributed by atoms with Crippen LogP contribution in [-0.2, 0) is 31.6 Å². The van der Waals surface area contributed by atoms with Crippen LogP contribution < -0.4 is 24.8 Å².